The van der Waals surface area contributed by atoms with Crippen LogP contribution in [0, 0.1) is 0 Å². The van der Waals surface area contributed by atoms with Gasteiger partial charge in [-0.05, 0) is 25.0 Å². The topological polar surface area (TPSA) is 118 Å². The van der Waals surface area contributed by atoms with E-state index in [1.807, 2.05) is 6.07 Å². The molecule has 1 saturated heterocycles. The highest BCUT2D eigenvalue weighted by Gasteiger charge is 2.29. The van der Waals surface area contributed by atoms with Gasteiger partial charge < -0.3 is 16.4 Å². The van der Waals surface area contributed by atoms with Crippen molar-refractivity contribution in [1.82, 2.24) is 10.6 Å². The number of primary amides is 1. The van der Waals surface area contributed by atoms with Gasteiger partial charge in [-0.1, -0.05) is 18.2 Å². The number of hydrogen-bond donors (Lipinski definition) is 3. The van der Waals surface area contributed by atoms with Crippen LogP contribution in [0.25, 0.3) is 0 Å². The first kappa shape index (κ1) is 17.1. The minimum atomic E-state index is -1.27. The van der Waals surface area contributed by atoms with Crippen LogP contribution in [0.15, 0.2) is 35.2 Å². The Hall–Kier alpha value is -2.22. The first-order valence-electron chi connectivity index (χ1n) is 7.30. The van der Waals surface area contributed by atoms with Crippen LogP contribution in [0.4, 0.5) is 0 Å². The van der Waals surface area contributed by atoms with Crippen molar-refractivity contribution in [3.05, 3.63) is 30.3 Å². The summed E-state index contributed by atoms with van der Waals surface area (Å²) in [5, 5.41) is 5.05. The van der Waals surface area contributed by atoms with E-state index in [9.17, 15) is 18.6 Å². The average Bonchev–Trinajstić information content (AvgIpc) is 2.98. The second-order valence-corrected chi connectivity index (χ2v) is 6.84. The first-order valence-corrected chi connectivity index (χ1v) is 8.61. The zero-order chi connectivity index (χ0) is 16.8. The summed E-state index contributed by atoms with van der Waals surface area (Å²) >= 11 is 0. The number of rotatable bonds is 7. The Kier molecular flexibility index (Phi) is 5.86. The van der Waals surface area contributed by atoms with E-state index in [0.29, 0.717) is 11.3 Å². The Labute approximate surface area is 136 Å². The number of amides is 3. The van der Waals surface area contributed by atoms with E-state index >= 15 is 0 Å². The van der Waals surface area contributed by atoms with Crippen molar-refractivity contribution in [3.63, 3.8) is 0 Å². The summed E-state index contributed by atoms with van der Waals surface area (Å²) in [6.45, 7) is 0. The average molecular weight is 337 g/mol. The molecule has 2 rings (SSSR count). The van der Waals surface area contributed by atoms with Crippen LogP contribution in [-0.4, -0.2) is 39.8 Å². The Balaban J connectivity index is 1.89. The van der Waals surface area contributed by atoms with Gasteiger partial charge in [0.2, 0.25) is 17.7 Å². The number of benzene rings is 1. The molecule has 0 unspecified atom stereocenters. The van der Waals surface area contributed by atoms with Crippen molar-refractivity contribution in [2.75, 3.05) is 5.75 Å². The van der Waals surface area contributed by atoms with Crippen molar-refractivity contribution in [2.24, 2.45) is 5.73 Å². The summed E-state index contributed by atoms with van der Waals surface area (Å²) in [7, 11) is -1.27. The first-order chi connectivity index (χ1) is 11.0. The fourth-order valence-corrected chi connectivity index (χ4v) is 3.43. The molecule has 23 heavy (non-hydrogen) atoms. The minimum absolute atomic E-state index is 0.170. The third kappa shape index (κ3) is 4.88. The van der Waals surface area contributed by atoms with Crippen molar-refractivity contribution in [1.29, 1.82) is 0 Å². The number of hydrogen-bond acceptors (Lipinski definition) is 4. The van der Waals surface area contributed by atoms with Crippen LogP contribution >= 0.6 is 0 Å². The number of nitrogens with one attached hydrogen (secondary N) is 2. The van der Waals surface area contributed by atoms with Gasteiger partial charge in [0.05, 0.1) is 10.8 Å². The van der Waals surface area contributed by atoms with Crippen LogP contribution in [0.1, 0.15) is 19.3 Å². The van der Waals surface area contributed by atoms with Gasteiger partial charge in [-0.3, -0.25) is 18.6 Å². The van der Waals surface area contributed by atoms with E-state index in [1.54, 1.807) is 24.3 Å². The van der Waals surface area contributed by atoms with Crippen LogP contribution in [0.3, 0.4) is 0 Å². The normalized spacial score (nSPS) is 19.7. The predicted molar refractivity (Wildman–Crippen MR) is 84.6 cm³/mol. The highest BCUT2D eigenvalue weighted by Crippen LogP contribution is 2.09. The highest BCUT2D eigenvalue weighted by atomic mass is 32.2. The Bertz CT molecular complexity index is 620. The second kappa shape index (κ2) is 7.87. The van der Waals surface area contributed by atoms with E-state index in [0.717, 1.165) is 0 Å². The van der Waals surface area contributed by atoms with Crippen molar-refractivity contribution >= 4 is 28.5 Å². The molecule has 1 aromatic carbocycles. The molecule has 1 aliphatic heterocycles. The molecule has 0 spiro atoms. The highest BCUT2D eigenvalue weighted by molar-refractivity contribution is 7.85. The molecule has 0 bridgehead atoms. The maximum absolute atomic E-state index is 12.1. The van der Waals surface area contributed by atoms with Gasteiger partial charge in [-0.25, -0.2) is 0 Å². The maximum atomic E-state index is 12.1. The number of carbonyl (C=O) groups excluding carboxylic acids is 3. The van der Waals surface area contributed by atoms with Crippen LogP contribution < -0.4 is 16.4 Å². The summed E-state index contributed by atoms with van der Waals surface area (Å²) in [5.74, 6) is -1.11. The molecule has 7 nitrogen and oxygen atoms in total. The molecule has 1 fully saturated rings. The molecular formula is C15H19N3O4S. The monoisotopic (exact) mass is 337 g/mol. The van der Waals surface area contributed by atoms with E-state index in [4.69, 9.17) is 5.73 Å². The molecule has 0 aliphatic carbocycles. The lowest BCUT2D eigenvalue weighted by Gasteiger charge is -2.18. The Morgan fingerprint density at radius 2 is 2.04 bits per heavy atom. The molecule has 1 aliphatic rings. The van der Waals surface area contributed by atoms with Gasteiger partial charge in [0.15, 0.2) is 0 Å². The predicted octanol–water partition coefficient (Wildman–Crippen LogP) is -0.567. The van der Waals surface area contributed by atoms with Gasteiger partial charge >= 0.3 is 0 Å². The molecule has 4 N–H and O–H groups in total. The summed E-state index contributed by atoms with van der Waals surface area (Å²) in [5.41, 5.74) is 5.30. The van der Waals surface area contributed by atoms with Crippen LogP contribution in [0.2, 0.25) is 0 Å². The molecule has 3 atom stereocenters. The lowest BCUT2D eigenvalue weighted by atomic mass is 10.1. The summed E-state index contributed by atoms with van der Waals surface area (Å²) in [4.78, 5) is 35.3. The lowest BCUT2D eigenvalue weighted by molar-refractivity contribution is -0.129. The van der Waals surface area contributed by atoms with Gasteiger partial charge in [0.25, 0.3) is 0 Å². The van der Waals surface area contributed by atoms with Crippen molar-refractivity contribution in [3.8, 4) is 0 Å². The van der Waals surface area contributed by atoms with Gasteiger partial charge in [0, 0.05) is 17.1 Å². The third-order valence-corrected chi connectivity index (χ3v) is 4.97. The van der Waals surface area contributed by atoms with Gasteiger partial charge in [0.1, 0.15) is 12.1 Å². The van der Waals surface area contributed by atoms with Crippen molar-refractivity contribution < 1.29 is 18.6 Å². The Morgan fingerprint density at radius 3 is 2.61 bits per heavy atom. The summed E-state index contributed by atoms with van der Waals surface area (Å²) in [6, 6.07) is 7.32. The van der Waals surface area contributed by atoms with E-state index in [2.05, 4.69) is 10.6 Å². The molecule has 0 radical (unpaired) electrons. The second-order valence-electron chi connectivity index (χ2n) is 5.27. The van der Waals surface area contributed by atoms with E-state index in [1.165, 1.54) is 0 Å². The number of carbonyl (C=O) groups is 3. The van der Waals surface area contributed by atoms with Crippen LogP contribution in [0.5, 0.6) is 0 Å². The zero-order valence-electron chi connectivity index (χ0n) is 12.5. The summed E-state index contributed by atoms with van der Waals surface area (Å²) < 4.78 is 12.1. The van der Waals surface area contributed by atoms with Crippen LogP contribution in [-0.2, 0) is 25.2 Å². The SMILES string of the molecule is NC(=O)[C@@H](CC[S@@](=O)c1ccccc1)NC(=O)[C@H]1CCC(=O)N1. The largest absolute Gasteiger partial charge is 0.368 e. The molecule has 3 amide bonds. The summed E-state index contributed by atoms with van der Waals surface area (Å²) in [6.07, 6.45) is 0.854. The maximum Gasteiger partial charge on any atom is 0.243 e. The molecule has 0 aromatic heterocycles. The molecule has 0 saturated carbocycles. The third-order valence-electron chi connectivity index (χ3n) is 3.57. The number of nitrogens with two attached hydrogens (primary N) is 1. The fraction of sp³-hybridized carbons (Fsp3) is 0.400. The fourth-order valence-electron chi connectivity index (χ4n) is 2.28. The minimum Gasteiger partial charge on any atom is -0.368 e. The zero-order valence-corrected chi connectivity index (χ0v) is 13.3. The van der Waals surface area contributed by atoms with E-state index < -0.39 is 34.7 Å². The quantitative estimate of drug-likeness (QED) is 0.617. The molecule has 1 aromatic rings. The molecule has 8 heteroatoms. The van der Waals surface area contributed by atoms with Gasteiger partial charge in [-0.2, -0.15) is 0 Å². The van der Waals surface area contributed by atoms with E-state index in [-0.39, 0.29) is 24.5 Å². The smallest absolute Gasteiger partial charge is 0.243 e. The molecule has 1 heterocycles. The van der Waals surface area contributed by atoms with Gasteiger partial charge in [-0.15, -0.1) is 0 Å². The Morgan fingerprint density at radius 1 is 1.35 bits per heavy atom. The lowest BCUT2D eigenvalue weighted by Crippen LogP contribution is -2.51. The standard InChI is InChI=1S/C15H19N3O4S/c16-14(20)11(18-15(21)12-6-7-13(19)17-12)8-9-23(22)10-4-2-1-3-5-10/h1-5,11-12H,6-9H2,(H2,16,20)(H,17,19)(H,18,21)/t11-,12-,23-/m1/s1. The van der Waals surface area contributed by atoms with Crippen molar-refractivity contribution in [2.45, 2.75) is 36.2 Å². The molecular weight excluding hydrogens is 318 g/mol. The molecule has 124 valence electrons.